The number of benzene rings is 7. The third-order valence-electron chi connectivity index (χ3n) is 12.1. The molecule has 0 saturated carbocycles. The molecule has 9 heteroatoms. The summed E-state index contributed by atoms with van der Waals surface area (Å²) in [5, 5.41) is 28.3. The third-order valence-corrected chi connectivity index (χ3v) is 13.0. The molecule has 0 bridgehead atoms. The van der Waals surface area contributed by atoms with E-state index in [2.05, 4.69) is 4.98 Å². The Morgan fingerprint density at radius 3 is 1.34 bits per heavy atom. The molecule has 59 heavy (non-hydrogen) atoms. The molecule has 2 N–H and O–H groups in total. The minimum atomic E-state index is -2.52. The molecule has 1 aromatic heterocycles. The number of halogens is 4. The van der Waals surface area contributed by atoms with Gasteiger partial charge in [0.05, 0.1) is 38.5 Å². The summed E-state index contributed by atoms with van der Waals surface area (Å²) in [6.45, 7) is -0.602. The van der Waals surface area contributed by atoms with Gasteiger partial charge in [-0.25, -0.2) is 9.37 Å². The number of hydrogen-bond donors (Lipinski definition) is 2. The van der Waals surface area contributed by atoms with Gasteiger partial charge in [0.2, 0.25) is 11.0 Å². The Morgan fingerprint density at radius 2 is 0.949 bits per heavy atom. The first-order valence-electron chi connectivity index (χ1n) is 19.3. The van der Waals surface area contributed by atoms with Crippen molar-refractivity contribution in [3.8, 4) is 0 Å². The highest BCUT2D eigenvalue weighted by molar-refractivity contribution is 6.42. The van der Waals surface area contributed by atoms with Crippen LogP contribution in [0.3, 0.4) is 0 Å². The van der Waals surface area contributed by atoms with Crippen molar-refractivity contribution in [2.75, 3.05) is 6.61 Å². The molecule has 5 nitrogen and oxygen atoms in total. The lowest BCUT2D eigenvalue weighted by Crippen LogP contribution is -2.66. The van der Waals surface area contributed by atoms with Gasteiger partial charge in [-0.15, -0.1) is 0 Å². The zero-order chi connectivity index (χ0) is 40.8. The molecular formula is C50H38Cl3FN2O3. The fourth-order valence-electron chi connectivity index (χ4n) is 9.61. The Morgan fingerprint density at radius 1 is 0.593 bits per heavy atom. The fourth-order valence-corrected chi connectivity index (χ4v) is 10.2. The van der Waals surface area contributed by atoms with Gasteiger partial charge in [0.25, 0.3) is 0 Å². The van der Waals surface area contributed by atoms with Crippen molar-refractivity contribution in [3.63, 3.8) is 0 Å². The Hall–Kier alpha value is -5.31. The van der Waals surface area contributed by atoms with Crippen LogP contribution >= 0.6 is 34.8 Å². The lowest BCUT2D eigenvalue weighted by atomic mass is 9.56. The number of fused-ring (bicyclic) bond motifs is 1. The fraction of sp³-hybridized carbons (Fsp3) is 0.140. The number of hydrogen-bond acceptors (Lipinski definition) is 4. The van der Waals surface area contributed by atoms with Crippen LogP contribution in [0.5, 0.6) is 0 Å². The van der Waals surface area contributed by atoms with E-state index < -0.39 is 41.0 Å². The molecule has 1 aliphatic rings. The third kappa shape index (κ3) is 5.81. The van der Waals surface area contributed by atoms with Gasteiger partial charge in [-0.1, -0.05) is 205 Å². The molecular weight excluding hydrogens is 802 g/mol. The smallest absolute Gasteiger partial charge is 0.209 e. The highest BCUT2D eigenvalue weighted by Gasteiger charge is 2.74. The van der Waals surface area contributed by atoms with Crippen LogP contribution in [-0.2, 0) is 21.3 Å². The van der Waals surface area contributed by atoms with Gasteiger partial charge in [0, 0.05) is 0 Å². The summed E-state index contributed by atoms with van der Waals surface area (Å²) in [7, 11) is 0. The predicted molar refractivity (Wildman–Crippen MR) is 233 cm³/mol. The maximum atomic E-state index is 19.9. The molecule has 1 aliphatic heterocycles. The summed E-state index contributed by atoms with van der Waals surface area (Å²) < 4.78 is 28.3. The van der Waals surface area contributed by atoms with Gasteiger partial charge >= 0.3 is 0 Å². The number of aliphatic hydroxyl groups is 2. The van der Waals surface area contributed by atoms with E-state index in [0.717, 1.165) is 0 Å². The Labute approximate surface area is 356 Å². The van der Waals surface area contributed by atoms with Crippen LogP contribution in [0, 0.1) is 0 Å². The van der Waals surface area contributed by atoms with Gasteiger partial charge in [0.15, 0.2) is 6.17 Å². The summed E-state index contributed by atoms with van der Waals surface area (Å²) in [6, 6.07) is 59.5. The van der Waals surface area contributed by atoms with Crippen LogP contribution in [0.1, 0.15) is 33.4 Å². The molecule has 9 rings (SSSR count). The summed E-state index contributed by atoms with van der Waals surface area (Å²) in [5.74, 6) is 0. The molecule has 0 amide bonds. The zero-order valence-corrected chi connectivity index (χ0v) is 33.8. The van der Waals surface area contributed by atoms with Crippen molar-refractivity contribution in [2.45, 2.75) is 34.4 Å². The van der Waals surface area contributed by atoms with Gasteiger partial charge in [-0.05, 0) is 57.1 Å². The SMILES string of the molecule is OC(C(c1ccccc1)(c1ccccc1)c1ccccc1)[C@]1(n2c(Cl)nc3cc(Cl)c(Cl)cc32)OC[C@@](O)(C(c2ccccc2)(c2ccccc2)c2ccccc2)[C@H]1F. The molecule has 1 saturated heterocycles. The minimum Gasteiger partial charge on any atom is -0.386 e. The second-order valence-corrected chi connectivity index (χ2v) is 16.1. The minimum absolute atomic E-state index is 0.151. The number of alkyl halides is 1. The first kappa shape index (κ1) is 39.2. The summed E-state index contributed by atoms with van der Waals surface area (Å²) in [4.78, 5) is 4.65. The van der Waals surface area contributed by atoms with E-state index in [4.69, 9.17) is 39.5 Å². The quantitative estimate of drug-likeness (QED) is 0.135. The van der Waals surface area contributed by atoms with Crippen molar-refractivity contribution in [3.05, 3.63) is 243 Å². The first-order valence-corrected chi connectivity index (χ1v) is 20.4. The maximum Gasteiger partial charge on any atom is 0.209 e. The molecule has 1 unspecified atom stereocenters. The van der Waals surface area contributed by atoms with Gasteiger partial charge in [-0.2, -0.15) is 0 Å². The number of aromatic nitrogens is 2. The second kappa shape index (κ2) is 15.4. The van der Waals surface area contributed by atoms with E-state index in [9.17, 15) is 10.2 Å². The van der Waals surface area contributed by atoms with Crippen LogP contribution in [0.25, 0.3) is 11.0 Å². The summed E-state index contributed by atoms with van der Waals surface area (Å²) >= 11 is 20.5. The van der Waals surface area contributed by atoms with Crippen LogP contribution in [0.15, 0.2) is 194 Å². The van der Waals surface area contributed by atoms with E-state index in [1.165, 1.54) is 16.7 Å². The molecule has 4 atom stereocenters. The average Bonchev–Trinajstić information content (AvgIpc) is 3.75. The molecule has 0 radical (unpaired) electrons. The van der Waals surface area contributed by atoms with Crippen LogP contribution in [0.2, 0.25) is 15.3 Å². The predicted octanol–water partition coefficient (Wildman–Crippen LogP) is 11.2. The van der Waals surface area contributed by atoms with Gasteiger partial charge < -0.3 is 14.9 Å². The Kier molecular flexibility index (Phi) is 10.2. The molecule has 2 heterocycles. The highest BCUT2D eigenvalue weighted by atomic mass is 35.5. The lowest BCUT2D eigenvalue weighted by molar-refractivity contribution is -0.188. The molecule has 0 aliphatic carbocycles. The van der Waals surface area contributed by atoms with Crippen LogP contribution < -0.4 is 0 Å². The van der Waals surface area contributed by atoms with Crippen molar-refractivity contribution in [2.24, 2.45) is 0 Å². The topological polar surface area (TPSA) is 67.5 Å². The monoisotopic (exact) mass is 838 g/mol. The Bertz CT molecular complexity index is 2520. The largest absolute Gasteiger partial charge is 0.386 e. The van der Waals surface area contributed by atoms with E-state index >= 15 is 4.39 Å². The van der Waals surface area contributed by atoms with Crippen LogP contribution in [0.4, 0.5) is 4.39 Å². The normalized spacial score (nSPS) is 20.1. The van der Waals surface area contributed by atoms with Crippen molar-refractivity contribution in [1.29, 1.82) is 0 Å². The second-order valence-electron chi connectivity index (χ2n) is 15.0. The van der Waals surface area contributed by atoms with E-state index in [1.54, 1.807) is 0 Å². The standard InChI is InChI=1S/C50H38Cl3FN2O3/c51-40-31-42-43(32-41(40)52)56(46(53)55-42)50(45(57)48(34-19-7-1-8-20-34,35-21-9-2-10-22-35)36-23-11-3-12-24-36)44(54)47(58,33-59-50)49(37-25-13-4-14-26-37,38-27-15-5-16-28-38)39-29-17-6-18-30-39/h1-32,44-45,57-58H,33H2/t44-,45?,47+,50-/m1/s1. The number of aliphatic hydroxyl groups excluding tert-OH is 1. The highest BCUT2D eigenvalue weighted by Crippen LogP contribution is 2.60. The van der Waals surface area contributed by atoms with Crippen molar-refractivity contribution < 1.29 is 19.3 Å². The molecule has 1 fully saturated rings. The lowest BCUT2D eigenvalue weighted by Gasteiger charge is -2.51. The maximum absolute atomic E-state index is 19.9. The van der Waals surface area contributed by atoms with E-state index in [0.29, 0.717) is 33.4 Å². The van der Waals surface area contributed by atoms with E-state index in [-0.39, 0.29) is 26.4 Å². The Balaban J connectivity index is 1.44. The number of rotatable bonds is 10. The molecule has 8 aromatic rings. The molecule has 7 aromatic carbocycles. The molecule has 294 valence electrons. The number of nitrogens with zero attached hydrogens (tertiary/aromatic N) is 2. The molecule has 0 spiro atoms. The van der Waals surface area contributed by atoms with E-state index in [1.807, 2.05) is 182 Å². The number of ether oxygens (including phenoxy) is 1. The van der Waals surface area contributed by atoms with Crippen molar-refractivity contribution in [1.82, 2.24) is 9.55 Å². The number of imidazole rings is 1. The van der Waals surface area contributed by atoms with Crippen LogP contribution in [-0.4, -0.2) is 44.2 Å². The average molecular weight is 840 g/mol. The van der Waals surface area contributed by atoms with Gasteiger partial charge in [-0.3, -0.25) is 4.57 Å². The van der Waals surface area contributed by atoms with Gasteiger partial charge in [0.1, 0.15) is 11.7 Å². The summed E-state index contributed by atoms with van der Waals surface area (Å²) in [5.41, 5.74) is -3.92. The first-order chi connectivity index (χ1) is 28.7. The van der Waals surface area contributed by atoms with Crippen molar-refractivity contribution >= 4 is 45.8 Å². The zero-order valence-electron chi connectivity index (χ0n) is 31.5. The summed E-state index contributed by atoms with van der Waals surface area (Å²) in [6.07, 6.45) is -4.33.